The van der Waals surface area contributed by atoms with Crippen molar-refractivity contribution in [3.8, 4) is 0 Å². The minimum absolute atomic E-state index is 0.00329. The van der Waals surface area contributed by atoms with Crippen LogP contribution in [-0.2, 0) is 9.53 Å². The third kappa shape index (κ3) is 5.41. The van der Waals surface area contributed by atoms with Crippen molar-refractivity contribution < 1.29 is 9.53 Å². The van der Waals surface area contributed by atoms with Gasteiger partial charge in [-0.2, -0.15) is 0 Å². The molecule has 19 heavy (non-hydrogen) atoms. The number of ether oxygens (including phenoxy) is 1. The monoisotopic (exact) mass is 264 g/mol. The first kappa shape index (κ1) is 15.7. The molecule has 0 aliphatic rings. The standard InChI is InChI=1S/C15H24N2O2/c1-12(2)19-11-10-16-15(18)14(17(3)4)13-8-6-5-7-9-13/h5-9,12,14H,10-11H2,1-4H3,(H,16,18). The van der Waals surface area contributed by atoms with Crippen LogP contribution >= 0.6 is 0 Å². The zero-order valence-corrected chi connectivity index (χ0v) is 12.2. The molecule has 0 heterocycles. The summed E-state index contributed by atoms with van der Waals surface area (Å²) in [4.78, 5) is 14.1. The third-order valence-corrected chi connectivity index (χ3v) is 2.73. The number of carbonyl (C=O) groups excluding carboxylic acids is 1. The van der Waals surface area contributed by atoms with Gasteiger partial charge in [-0.3, -0.25) is 9.69 Å². The van der Waals surface area contributed by atoms with E-state index in [1.165, 1.54) is 0 Å². The number of carbonyl (C=O) groups is 1. The van der Waals surface area contributed by atoms with E-state index in [1.54, 1.807) is 0 Å². The predicted octanol–water partition coefficient (Wildman–Crippen LogP) is 1.83. The van der Waals surface area contributed by atoms with Crippen molar-refractivity contribution in [2.45, 2.75) is 26.0 Å². The summed E-state index contributed by atoms with van der Waals surface area (Å²) in [5, 5.41) is 2.91. The van der Waals surface area contributed by atoms with Crippen LogP contribution in [0.25, 0.3) is 0 Å². The molecule has 4 heteroatoms. The van der Waals surface area contributed by atoms with Crippen molar-refractivity contribution in [2.24, 2.45) is 0 Å². The Labute approximate surface area is 115 Å². The summed E-state index contributed by atoms with van der Waals surface area (Å²) in [7, 11) is 3.81. The van der Waals surface area contributed by atoms with E-state index >= 15 is 0 Å². The molecule has 1 unspecified atom stereocenters. The SMILES string of the molecule is CC(C)OCCNC(=O)C(c1ccccc1)N(C)C. The summed E-state index contributed by atoms with van der Waals surface area (Å²) in [5.41, 5.74) is 0.995. The lowest BCUT2D eigenvalue weighted by molar-refractivity contribution is -0.126. The van der Waals surface area contributed by atoms with Gasteiger partial charge in [-0.25, -0.2) is 0 Å². The van der Waals surface area contributed by atoms with Gasteiger partial charge in [0.1, 0.15) is 6.04 Å². The molecule has 0 aromatic heterocycles. The highest BCUT2D eigenvalue weighted by molar-refractivity contribution is 5.83. The van der Waals surface area contributed by atoms with Gasteiger partial charge in [-0.15, -0.1) is 0 Å². The molecule has 1 amide bonds. The number of nitrogens with one attached hydrogen (secondary N) is 1. The van der Waals surface area contributed by atoms with E-state index in [9.17, 15) is 4.79 Å². The van der Waals surface area contributed by atoms with E-state index in [1.807, 2.05) is 63.2 Å². The minimum Gasteiger partial charge on any atom is -0.377 e. The molecular weight excluding hydrogens is 240 g/mol. The second kappa shape index (κ2) is 7.92. The molecule has 0 fully saturated rings. The zero-order valence-electron chi connectivity index (χ0n) is 12.2. The fraction of sp³-hybridized carbons (Fsp3) is 0.533. The van der Waals surface area contributed by atoms with Crippen LogP contribution < -0.4 is 5.32 Å². The first-order valence-corrected chi connectivity index (χ1v) is 6.63. The molecule has 0 saturated heterocycles. The van der Waals surface area contributed by atoms with Gasteiger partial charge in [0.05, 0.1) is 12.7 Å². The van der Waals surface area contributed by atoms with Crippen LogP contribution in [0.1, 0.15) is 25.5 Å². The van der Waals surface area contributed by atoms with Gasteiger partial charge in [-0.1, -0.05) is 30.3 Å². The van der Waals surface area contributed by atoms with Crippen molar-refractivity contribution in [3.05, 3.63) is 35.9 Å². The van der Waals surface area contributed by atoms with Gasteiger partial charge in [0.15, 0.2) is 0 Å². The van der Waals surface area contributed by atoms with Crippen molar-refractivity contribution >= 4 is 5.91 Å². The van der Waals surface area contributed by atoms with Gasteiger partial charge in [-0.05, 0) is 33.5 Å². The van der Waals surface area contributed by atoms with Gasteiger partial charge in [0, 0.05) is 6.54 Å². The Morgan fingerprint density at radius 3 is 2.42 bits per heavy atom. The molecule has 0 spiro atoms. The maximum absolute atomic E-state index is 12.2. The molecule has 0 aliphatic heterocycles. The highest BCUT2D eigenvalue weighted by atomic mass is 16.5. The summed E-state index contributed by atoms with van der Waals surface area (Å²) in [6.45, 7) is 5.04. The minimum atomic E-state index is -0.264. The van der Waals surface area contributed by atoms with Gasteiger partial charge in [0.25, 0.3) is 0 Å². The number of hydrogen-bond donors (Lipinski definition) is 1. The molecule has 0 bridgehead atoms. The second-order valence-electron chi connectivity index (χ2n) is 4.99. The third-order valence-electron chi connectivity index (χ3n) is 2.73. The van der Waals surface area contributed by atoms with Crippen molar-refractivity contribution in [1.29, 1.82) is 0 Å². The van der Waals surface area contributed by atoms with Crippen LogP contribution in [-0.4, -0.2) is 44.2 Å². The number of amides is 1. The maximum Gasteiger partial charge on any atom is 0.242 e. The Morgan fingerprint density at radius 2 is 1.89 bits per heavy atom. The predicted molar refractivity (Wildman–Crippen MR) is 77.0 cm³/mol. The number of hydrogen-bond acceptors (Lipinski definition) is 3. The van der Waals surface area contributed by atoms with Crippen LogP contribution in [0.5, 0.6) is 0 Å². The fourth-order valence-electron chi connectivity index (χ4n) is 1.88. The lowest BCUT2D eigenvalue weighted by Crippen LogP contribution is -2.38. The van der Waals surface area contributed by atoms with Crippen LogP contribution in [0.4, 0.5) is 0 Å². The van der Waals surface area contributed by atoms with E-state index in [0.29, 0.717) is 13.2 Å². The molecular formula is C15H24N2O2. The van der Waals surface area contributed by atoms with Crippen molar-refractivity contribution in [3.63, 3.8) is 0 Å². The van der Waals surface area contributed by atoms with E-state index in [4.69, 9.17) is 4.74 Å². The number of likely N-dealkylation sites (N-methyl/N-ethyl adjacent to an activating group) is 1. The highest BCUT2D eigenvalue weighted by Crippen LogP contribution is 2.17. The molecule has 1 atom stereocenters. The summed E-state index contributed by atoms with van der Waals surface area (Å²) >= 11 is 0. The molecule has 0 saturated carbocycles. The van der Waals surface area contributed by atoms with Crippen LogP contribution in [0.2, 0.25) is 0 Å². The summed E-state index contributed by atoms with van der Waals surface area (Å²) < 4.78 is 5.41. The molecule has 1 rings (SSSR count). The van der Waals surface area contributed by atoms with Gasteiger partial charge < -0.3 is 10.1 Å². The Kier molecular flexibility index (Phi) is 6.53. The average molecular weight is 264 g/mol. The summed E-state index contributed by atoms with van der Waals surface area (Å²) in [6, 6.07) is 9.51. The lowest BCUT2D eigenvalue weighted by Gasteiger charge is -2.23. The average Bonchev–Trinajstić information content (AvgIpc) is 2.35. The topological polar surface area (TPSA) is 41.6 Å². The molecule has 1 N–H and O–H groups in total. The Bertz CT molecular complexity index is 377. The second-order valence-corrected chi connectivity index (χ2v) is 4.99. The summed E-state index contributed by atoms with van der Waals surface area (Å²) in [5.74, 6) is 0.00329. The Morgan fingerprint density at radius 1 is 1.26 bits per heavy atom. The van der Waals surface area contributed by atoms with E-state index in [-0.39, 0.29) is 18.1 Å². The normalized spacial score (nSPS) is 12.7. The fourth-order valence-corrected chi connectivity index (χ4v) is 1.88. The van der Waals surface area contributed by atoms with Crippen molar-refractivity contribution in [2.75, 3.05) is 27.2 Å². The maximum atomic E-state index is 12.2. The van der Waals surface area contributed by atoms with Crippen LogP contribution in [0.3, 0.4) is 0 Å². The molecule has 0 radical (unpaired) electrons. The van der Waals surface area contributed by atoms with E-state index < -0.39 is 0 Å². The molecule has 106 valence electrons. The molecule has 1 aromatic carbocycles. The van der Waals surface area contributed by atoms with Crippen LogP contribution in [0, 0.1) is 0 Å². The molecule has 0 aliphatic carbocycles. The first-order chi connectivity index (χ1) is 9.02. The highest BCUT2D eigenvalue weighted by Gasteiger charge is 2.21. The van der Waals surface area contributed by atoms with Gasteiger partial charge >= 0.3 is 0 Å². The zero-order chi connectivity index (χ0) is 14.3. The van der Waals surface area contributed by atoms with Crippen LogP contribution in [0.15, 0.2) is 30.3 Å². The quantitative estimate of drug-likeness (QED) is 0.764. The Balaban J connectivity index is 2.55. The Hall–Kier alpha value is -1.39. The number of rotatable bonds is 7. The smallest absolute Gasteiger partial charge is 0.242 e. The number of nitrogens with zero attached hydrogens (tertiary/aromatic N) is 1. The molecule has 4 nitrogen and oxygen atoms in total. The lowest BCUT2D eigenvalue weighted by atomic mass is 10.1. The van der Waals surface area contributed by atoms with E-state index in [0.717, 1.165) is 5.56 Å². The first-order valence-electron chi connectivity index (χ1n) is 6.63. The summed E-state index contributed by atoms with van der Waals surface area (Å²) in [6.07, 6.45) is 0.190. The van der Waals surface area contributed by atoms with Crippen molar-refractivity contribution in [1.82, 2.24) is 10.2 Å². The largest absolute Gasteiger partial charge is 0.377 e. The van der Waals surface area contributed by atoms with E-state index in [2.05, 4.69) is 5.32 Å². The molecule has 1 aromatic rings. The van der Waals surface area contributed by atoms with Gasteiger partial charge in [0.2, 0.25) is 5.91 Å². The number of benzene rings is 1.